The molecule has 0 radical (unpaired) electrons. The summed E-state index contributed by atoms with van der Waals surface area (Å²) in [4.78, 5) is 4.35. The standard InChI is InChI=1S/C18H19N5/c1-14-7-9-16(10-8-14)22-18(19)20-11-15-12-21-23(13-15)17-5-3-2-4-6-17/h2-10,12-13H,11H2,1H3,(H3,19,20,22). The van der Waals surface area contributed by atoms with Crippen LogP contribution in [-0.2, 0) is 6.54 Å². The van der Waals surface area contributed by atoms with Crippen molar-refractivity contribution in [3.05, 3.63) is 78.1 Å². The molecule has 3 N–H and O–H groups in total. The number of benzene rings is 2. The van der Waals surface area contributed by atoms with Gasteiger partial charge in [0.2, 0.25) is 0 Å². The number of nitrogens with one attached hydrogen (secondary N) is 1. The summed E-state index contributed by atoms with van der Waals surface area (Å²) in [5, 5.41) is 7.42. The lowest BCUT2D eigenvalue weighted by Crippen LogP contribution is -2.22. The molecule has 1 heterocycles. The zero-order valence-electron chi connectivity index (χ0n) is 13.0. The normalized spacial score (nSPS) is 11.4. The van der Waals surface area contributed by atoms with Crippen LogP contribution in [0.5, 0.6) is 0 Å². The van der Waals surface area contributed by atoms with Crippen molar-refractivity contribution in [2.75, 3.05) is 5.32 Å². The third-order valence-corrected chi connectivity index (χ3v) is 3.41. The average molecular weight is 305 g/mol. The van der Waals surface area contributed by atoms with E-state index in [0.29, 0.717) is 12.5 Å². The third kappa shape index (κ3) is 3.97. The third-order valence-electron chi connectivity index (χ3n) is 3.41. The molecule has 0 saturated heterocycles. The molecular formula is C18H19N5. The van der Waals surface area contributed by atoms with E-state index < -0.39 is 0 Å². The van der Waals surface area contributed by atoms with Crippen LogP contribution >= 0.6 is 0 Å². The van der Waals surface area contributed by atoms with Gasteiger partial charge >= 0.3 is 0 Å². The van der Waals surface area contributed by atoms with E-state index >= 15 is 0 Å². The molecule has 3 aromatic rings. The molecule has 0 aliphatic carbocycles. The molecule has 0 saturated carbocycles. The topological polar surface area (TPSA) is 68.2 Å². The van der Waals surface area contributed by atoms with Gasteiger partial charge in [-0.25, -0.2) is 9.67 Å². The summed E-state index contributed by atoms with van der Waals surface area (Å²) < 4.78 is 1.83. The van der Waals surface area contributed by atoms with Crippen LogP contribution in [0.3, 0.4) is 0 Å². The number of para-hydroxylation sites is 1. The molecule has 0 fully saturated rings. The zero-order chi connectivity index (χ0) is 16.1. The maximum absolute atomic E-state index is 5.92. The number of hydrogen-bond donors (Lipinski definition) is 2. The Balaban J connectivity index is 1.63. The van der Waals surface area contributed by atoms with E-state index in [4.69, 9.17) is 5.73 Å². The van der Waals surface area contributed by atoms with Gasteiger partial charge in [0.25, 0.3) is 0 Å². The molecule has 0 bridgehead atoms. The maximum atomic E-state index is 5.92. The molecule has 0 aliphatic heterocycles. The van der Waals surface area contributed by atoms with Gasteiger partial charge in [0, 0.05) is 17.4 Å². The fourth-order valence-corrected chi connectivity index (χ4v) is 2.16. The molecule has 0 atom stereocenters. The van der Waals surface area contributed by atoms with E-state index in [1.54, 1.807) is 6.20 Å². The number of rotatable bonds is 4. The molecule has 23 heavy (non-hydrogen) atoms. The van der Waals surface area contributed by atoms with E-state index in [2.05, 4.69) is 15.4 Å². The summed E-state index contributed by atoms with van der Waals surface area (Å²) in [6.07, 6.45) is 3.76. The van der Waals surface area contributed by atoms with Crippen LogP contribution in [0, 0.1) is 6.92 Å². The molecule has 5 nitrogen and oxygen atoms in total. The summed E-state index contributed by atoms with van der Waals surface area (Å²) >= 11 is 0. The van der Waals surface area contributed by atoms with Crippen molar-refractivity contribution in [1.82, 2.24) is 9.78 Å². The Hall–Kier alpha value is -3.08. The van der Waals surface area contributed by atoms with Crippen LogP contribution in [0.4, 0.5) is 5.69 Å². The van der Waals surface area contributed by atoms with Crippen molar-refractivity contribution >= 4 is 11.6 Å². The van der Waals surface area contributed by atoms with Crippen molar-refractivity contribution < 1.29 is 0 Å². The second-order valence-corrected chi connectivity index (χ2v) is 5.32. The van der Waals surface area contributed by atoms with Gasteiger partial charge < -0.3 is 11.1 Å². The quantitative estimate of drug-likeness (QED) is 0.575. The predicted molar refractivity (Wildman–Crippen MR) is 93.7 cm³/mol. The van der Waals surface area contributed by atoms with E-state index in [-0.39, 0.29) is 0 Å². The average Bonchev–Trinajstić information content (AvgIpc) is 3.05. The molecule has 1 aromatic heterocycles. The van der Waals surface area contributed by atoms with Crippen molar-refractivity contribution in [3.63, 3.8) is 0 Å². The molecule has 5 heteroatoms. The Kier molecular flexibility index (Phi) is 4.38. The molecule has 0 amide bonds. The highest BCUT2D eigenvalue weighted by Crippen LogP contribution is 2.10. The van der Waals surface area contributed by atoms with Crippen LogP contribution in [-0.4, -0.2) is 15.7 Å². The first kappa shape index (κ1) is 14.8. The highest BCUT2D eigenvalue weighted by atomic mass is 15.3. The number of aryl methyl sites for hydroxylation is 1. The van der Waals surface area contributed by atoms with Crippen LogP contribution in [0.15, 0.2) is 72.0 Å². The number of aromatic nitrogens is 2. The van der Waals surface area contributed by atoms with Gasteiger partial charge in [-0.15, -0.1) is 0 Å². The number of nitrogens with two attached hydrogens (primary N) is 1. The predicted octanol–water partition coefficient (Wildman–Crippen LogP) is 3.11. The molecule has 0 spiro atoms. The highest BCUT2D eigenvalue weighted by molar-refractivity contribution is 5.92. The SMILES string of the molecule is Cc1ccc(NC(N)=NCc2cnn(-c3ccccc3)c2)cc1. The Morgan fingerprint density at radius 3 is 2.61 bits per heavy atom. The molecule has 2 aromatic carbocycles. The smallest absolute Gasteiger partial charge is 0.193 e. The minimum absolute atomic E-state index is 0.390. The van der Waals surface area contributed by atoms with Crippen molar-refractivity contribution in [1.29, 1.82) is 0 Å². The number of guanidine groups is 1. The summed E-state index contributed by atoms with van der Waals surface area (Å²) in [5.41, 5.74) is 10.1. The summed E-state index contributed by atoms with van der Waals surface area (Å²) in [7, 11) is 0. The number of anilines is 1. The number of nitrogens with zero attached hydrogens (tertiary/aromatic N) is 3. The van der Waals surface area contributed by atoms with E-state index in [0.717, 1.165) is 16.9 Å². The van der Waals surface area contributed by atoms with Crippen LogP contribution < -0.4 is 11.1 Å². The Bertz CT molecular complexity index is 788. The van der Waals surface area contributed by atoms with Crippen LogP contribution in [0.1, 0.15) is 11.1 Å². The van der Waals surface area contributed by atoms with Gasteiger partial charge in [0.15, 0.2) is 5.96 Å². The minimum Gasteiger partial charge on any atom is -0.370 e. The Morgan fingerprint density at radius 2 is 1.87 bits per heavy atom. The van der Waals surface area contributed by atoms with Gasteiger partial charge in [-0.05, 0) is 31.2 Å². The van der Waals surface area contributed by atoms with Gasteiger partial charge in [-0.2, -0.15) is 5.10 Å². The van der Waals surface area contributed by atoms with Crippen molar-refractivity contribution in [3.8, 4) is 5.69 Å². The van der Waals surface area contributed by atoms with Crippen molar-refractivity contribution in [2.24, 2.45) is 10.7 Å². The summed E-state index contributed by atoms with van der Waals surface area (Å²) in [6.45, 7) is 2.53. The van der Waals surface area contributed by atoms with Gasteiger partial charge in [-0.3, -0.25) is 0 Å². The highest BCUT2D eigenvalue weighted by Gasteiger charge is 2.01. The van der Waals surface area contributed by atoms with Crippen LogP contribution in [0.25, 0.3) is 5.69 Å². The molecular weight excluding hydrogens is 286 g/mol. The van der Waals surface area contributed by atoms with Crippen molar-refractivity contribution in [2.45, 2.75) is 13.5 Å². The monoisotopic (exact) mass is 305 g/mol. The lowest BCUT2D eigenvalue weighted by molar-refractivity contribution is 0.879. The number of aliphatic imine (C=N–C) groups is 1. The van der Waals surface area contributed by atoms with Crippen LogP contribution in [0.2, 0.25) is 0 Å². The maximum Gasteiger partial charge on any atom is 0.193 e. The molecule has 116 valence electrons. The van der Waals surface area contributed by atoms with E-state index in [1.807, 2.05) is 72.4 Å². The van der Waals surface area contributed by atoms with Gasteiger partial charge in [-0.1, -0.05) is 35.9 Å². The first-order valence-electron chi connectivity index (χ1n) is 7.43. The summed E-state index contributed by atoms with van der Waals surface area (Å²) in [6, 6.07) is 18.0. The van der Waals surface area contributed by atoms with E-state index in [9.17, 15) is 0 Å². The number of hydrogen-bond acceptors (Lipinski definition) is 2. The Labute approximate surface area is 135 Å². The Morgan fingerprint density at radius 1 is 1.13 bits per heavy atom. The molecule has 0 aliphatic rings. The first-order valence-corrected chi connectivity index (χ1v) is 7.43. The molecule has 0 unspecified atom stereocenters. The fourth-order valence-electron chi connectivity index (χ4n) is 2.16. The van der Waals surface area contributed by atoms with E-state index in [1.165, 1.54) is 5.56 Å². The second-order valence-electron chi connectivity index (χ2n) is 5.32. The first-order chi connectivity index (χ1) is 11.2. The minimum atomic E-state index is 0.390. The largest absolute Gasteiger partial charge is 0.370 e. The zero-order valence-corrected chi connectivity index (χ0v) is 13.0. The summed E-state index contributed by atoms with van der Waals surface area (Å²) in [5.74, 6) is 0.390. The fraction of sp³-hybridized carbons (Fsp3) is 0.111. The van der Waals surface area contributed by atoms with Gasteiger partial charge in [0.1, 0.15) is 0 Å². The lowest BCUT2D eigenvalue weighted by atomic mass is 10.2. The van der Waals surface area contributed by atoms with Gasteiger partial charge in [0.05, 0.1) is 18.4 Å². The molecule has 3 rings (SSSR count). The second kappa shape index (κ2) is 6.79. The lowest BCUT2D eigenvalue weighted by Gasteiger charge is -2.05.